The molecule has 0 atom stereocenters. The van der Waals surface area contributed by atoms with Gasteiger partial charge in [0.05, 0.1) is 5.02 Å². The molecule has 2 heterocycles. The lowest BCUT2D eigenvalue weighted by Crippen LogP contribution is -2.14. The summed E-state index contributed by atoms with van der Waals surface area (Å²) in [6.45, 7) is 1.82. The molecule has 0 spiro atoms. The molecule has 0 unspecified atom stereocenters. The standard InChI is InChI=1S/C12H10ClN5O2S/c1-8-3-4-10(9(13)7-8)21(19,20)17-11-15-12-14-5-2-6-18(12)16-11/h2-7H,1H3,(H,16,17). The summed E-state index contributed by atoms with van der Waals surface area (Å²) in [7, 11) is -3.86. The number of hydrogen-bond acceptors (Lipinski definition) is 5. The van der Waals surface area contributed by atoms with Crippen molar-refractivity contribution >= 4 is 33.4 Å². The van der Waals surface area contributed by atoms with Gasteiger partial charge in [-0.2, -0.15) is 4.98 Å². The predicted octanol–water partition coefficient (Wildman–Crippen LogP) is 1.89. The topological polar surface area (TPSA) is 89.2 Å². The molecule has 1 aromatic carbocycles. The van der Waals surface area contributed by atoms with Crippen LogP contribution < -0.4 is 4.72 Å². The van der Waals surface area contributed by atoms with E-state index in [0.717, 1.165) is 5.56 Å². The van der Waals surface area contributed by atoms with Crippen LogP contribution in [0.5, 0.6) is 0 Å². The molecular formula is C12H10ClN5O2S. The van der Waals surface area contributed by atoms with Gasteiger partial charge >= 0.3 is 0 Å². The van der Waals surface area contributed by atoms with Gasteiger partial charge in [0.15, 0.2) is 0 Å². The van der Waals surface area contributed by atoms with Crippen LogP contribution in [0.25, 0.3) is 5.78 Å². The molecule has 9 heteroatoms. The van der Waals surface area contributed by atoms with Gasteiger partial charge in [-0.3, -0.25) is 0 Å². The molecule has 0 aliphatic rings. The van der Waals surface area contributed by atoms with Crippen LogP contribution in [0.15, 0.2) is 41.6 Å². The second-order valence-corrected chi connectivity index (χ2v) is 6.40. The molecule has 0 aliphatic carbocycles. The number of benzene rings is 1. The Bertz CT molecular complexity index is 889. The van der Waals surface area contributed by atoms with Crippen molar-refractivity contribution in [1.29, 1.82) is 0 Å². The third-order valence-electron chi connectivity index (χ3n) is 2.72. The summed E-state index contributed by atoms with van der Waals surface area (Å²) in [4.78, 5) is 7.91. The van der Waals surface area contributed by atoms with E-state index in [1.165, 1.54) is 10.6 Å². The zero-order chi connectivity index (χ0) is 15.0. The first-order chi connectivity index (χ1) is 9.95. The van der Waals surface area contributed by atoms with Gasteiger partial charge in [-0.05, 0) is 30.7 Å². The van der Waals surface area contributed by atoms with E-state index in [1.807, 2.05) is 6.92 Å². The first-order valence-corrected chi connectivity index (χ1v) is 7.78. The Morgan fingerprint density at radius 3 is 2.86 bits per heavy atom. The zero-order valence-electron chi connectivity index (χ0n) is 10.9. The Hall–Kier alpha value is -2.19. The molecule has 3 rings (SSSR count). The van der Waals surface area contributed by atoms with Gasteiger partial charge in [0.2, 0.25) is 0 Å². The van der Waals surface area contributed by atoms with Crippen LogP contribution in [0.3, 0.4) is 0 Å². The van der Waals surface area contributed by atoms with Crippen molar-refractivity contribution in [1.82, 2.24) is 19.6 Å². The van der Waals surface area contributed by atoms with Crippen molar-refractivity contribution in [3.8, 4) is 0 Å². The molecule has 0 fully saturated rings. The molecular weight excluding hydrogens is 314 g/mol. The molecule has 0 radical (unpaired) electrons. The lowest BCUT2D eigenvalue weighted by Gasteiger charge is -2.06. The summed E-state index contributed by atoms with van der Waals surface area (Å²) in [5.41, 5.74) is 0.869. The van der Waals surface area contributed by atoms with E-state index >= 15 is 0 Å². The number of aryl methyl sites for hydroxylation is 1. The average molecular weight is 324 g/mol. The predicted molar refractivity (Wildman–Crippen MR) is 77.8 cm³/mol. The number of rotatable bonds is 3. The fourth-order valence-corrected chi connectivity index (χ4v) is 3.31. The van der Waals surface area contributed by atoms with Crippen molar-refractivity contribution < 1.29 is 8.42 Å². The van der Waals surface area contributed by atoms with Crippen molar-refractivity contribution in [2.24, 2.45) is 0 Å². The third-order valence-corrected chi connectivity index (χ3v) is 4.53. The Kier molecular flexibility index (Phi) is 3.26. The Morgan fingerprint density at radius 2 is 2.14 bits per heavy atom. The van der Waals surface area contributed by atoms with Gasteiger partial charge in [0.1, 0.15) is 4.90 Å². The van der Waals surface area contributed by atoms with Gasteiger partial charge in [-0.15, -0.1) is 5.10 Å². The van der Waals surface area contributed by atoms with Gasteiger partial charge in [0.25, 0.3) is 21.7 Å². The number of fused-ring (bicyclic) bond motifs is 1. The van der Waals surface area contributed by atoms with E-state index in [4.69, 9.17) is 11.6 Å². The monoisotopic (exact) mass is 323 g/mol. The van der Waals surface area contributed by atoms with E-state index in [-0.39, 0.29) is 15.9 Å². The average Bonchev–Trinajstić information content (AvgIpc) is 2.79. The van der Waals surface area contributed by atoms with Crippen LogP contribution >= 0.6 is 11.6 Å². The van der Waals surface area contributed by atoms with E-state index in [2.05, 4.69) is 19.8 Å². The van der Waals surface area contributed by atoms with Gasteiger partial charge in [0, 0.05) is 12.4 Å². The van der Waals surface area contributed by atoms with Crippen LogP contribution in [0.4, 0.5) is 5.95 Å². The van der Waals surface area contributed by atoms with Crippen LogP contribution in [-0.4, -0.2) is 28.0 Å². The highest BCUT2D eigenvalue weighted by Crippen LogP contribution is 2.23. The summed E-state index contributed by atoms with van der Waals surface area (Å²) in [5.74, 6) is 0.232. The normalized spacial score (nSPS) is 11.7. The third kappa shape index (κ3) is 2.67. The van der Waals surface area contributed by atoms with E-state index < -0.39 is 10.0 Å². The largest absolute Gasteiger partial charge is 0.265 e. The minimum absolute atomic E-state index is 0.0263. The fraction of sp³-hybridized carbons (Fsp3) is 0.0833. The highest BCUT2D eigenvalue weighted by molar-refractivity contribution is 7.92. The Balaban J connectivity index is 1.99. The number of sulfonamides is 1. The first kappa shape index (κ1) is 13.8. The van der Waals surface area contributed by atoms with Crippen molar-refractivity contribution in [3.05, 3.63) is 47.2 Å². The van der Waals surface area contributed by atoms with Gasteiger partial charge < -0.3 is 0 Å². The lowest BCUT2D eigenvalue weighted by molar-refractivity contribution is 0.601. The molecule has 0 amide bonds. The smallest absolute Gasteiger partial charge is 0.246 e. The second-order valence-electron chi connectivity index (χ2n) is 4.34. The SMILES string of the molecule is Cc1ccc(S(=O)(=O)Nc2nc3ncccn3n2)c(Cl)c1. The Labute approximate surface area is 125 Å². The van der Waals surface area contributed by atoms with Crippen molar-refractivity contribution in [2.75, 3.05) is 4.72 Å². The molecule has 21 heavy (non-hydrogen) atoms. The summed E-state index contributed by atoms with van der Waals surface area (Å²) in [6, 6.07) is 6.35. The number of halogens is 1. The molecule has 1 N–H and O–H groups in total. The molecule has 7 nitrogen and oxygen atoms in total. The highest BCUT2D eigenvalue weighted by Gasteiger charge is 2.20. The molecule has 0 aliphatic heterocycles. The fourth-order valence-electron chi connectivity index (χ4n) is 1.78. The molecule has 0 bridgehead atoms. The quantitative estimate of drug-likeness (QED) is 0.795. The molecule has 0 saturated heterocycles. The van der Waals surface area contributed by atoms with Gasteiger partial charge in [-0.1, -0.05) is 17.7 Å². The number of anilines is 1. The maximum absolute atomic E-state index is 12.3. The van der Waals surface area contributed by atoms with Crippen molar-refractivity contribution in [2.45, 2.75) is 11.8 Å². The van der Waals surface area contributed by atoms with E-state index in [1.54, 1.807) is 30.6 Å². The van der Waals surface area contributed by atoms with Gasteiger partial charge in [-0.25, -0.2) is 22.6 Å². The van der Waals surface area contributed by atoms with E-state index in [9.17, 15) is 8.42 Å². The molecule has 108 valence electrons. The maximum atomic E-state index is 12.3. The molecule has 2 aromatic heterocycles. The lowest BCUT2D eigenvalue weighted by atomic mass is 10.2. The summed E-state index contributed by atoms with van der Waals surface area (Å²) in [6.07, 6.45) is 3.16. The van der Waals surface area contributed by atoms with Crippen LogP contribution in [-0.2, 0) is 10.0 Å². The minimum atomic E-state index is -3.86. The zero-order valence-corrected chi connectivity index (χ0v) is 12.4. The van der Waals surface area contributed by atoms with Crippen LogP contribution in [0, 0.1) is 6.92 Å². The first-order valence-electron chi connectivity index (χ1n) is 5.92. The van der Waals surface area contributed by atoms with E-state index in [0.29, 0.717) is 5.78 Å². The van der Waals surface area contributed by atoms with Crippen molar-refractivity contribution in [3.63, 3.8) is 0 Å². The highest BCUT2D eigenvalue weighted by atomic mass is 35.5. The minimum Gasteiger partial charge on any atom is -0.246 e. The summed E-state index contributed by atoms with van der Waals surface area (Å²) < 4.78 is 28.3. The number of nitrogens with one attached hydrogen (secondary N) is 1. The van der Waals surface area contributed by atoms with Crippen LogP contribution in [0.1, 0.15) is 5.56 Å². The molecule has 0 saturated carbocycles. The number of hydrogen-bond donors (Lipinski definition) is 1. The maximum Gasteiger partial charge on any atom is 0.265 e. The summed E-state index contributed by atoms with van der Waals surface area (Å²) >= 11 is 5.98. The molecule has 3 aromatic rings. The second kappa shape index (κ2) is 4.97. The van der Waals surface area contributed by atoms with Crippen LogP contribution in [0.2, 0.25) is 5.02 Å². The number of aromatic nitrogens is 4. The Morgan fingerprint density at radius 1 is 1.33 bits per heavy atom. The summed E-state index contributed by atoms with van der Waals surface area (Å²) in [5, 5.41) is 4.12. The number of nitrogens with zero attached hydrogens (tertiary/aromatic N) is 4.